The number of para-hydroxylation sites is 2. The Bertz CT molecular complexity index is 898. The first-order chi connectivity index (χ1) is 15.4. The van der Waals surface area contributed by atoms with E-state index in [0.717, 1.165) is 37.2 Å². The van der Waals surface area contributed by atoms with Crippen LogP contribution in [0.5, 0.6) is 0 Å². The minimum absolute atomic E-state index is 0.0282. The molecule has 0 radical (unpaired) electrons. The molecule has 1 aliphatic rings. The van der Waals surface area contributed by atoms with E-state index in [-0.39, 0.29) is 17.9 Å². The standard InChI is InChI=1S/C24H37N5O3/c1-5-27(6-2)15-16-29-21-10-8-7-9-20(21)25-23(29)26-22(30)19-11-13-28(14-12-19)24(31)32-17-18(3)4/h7-10,18-19H,5-6,11-17H2,1-4H3,(H,25,26,30). The lowest BCUT2D eigenvalue weighted by atomic mass is 9.96. The third-order valence-electron chi connectivity index (χ3n) is 6.09. The van der Waals surface area contributed by atoms with Crippen molar-refractivity contribution in [2.45, 2.75) is 47.1 Å². The van der Waals surface area contributed by atoms with Crippen LogP contribution in [-0.2, 0) is 16.1 Å². The molecule has 1 aliphatic heterocycles. The molecule has 2 aromatic rings. The molecule has 8 heteroatoms. The topological polar surface area (TPSA) is 79.7 Å². The fraction of sp³-hybridized carbons (Fsp3) is 0.625. The maximum atomic E-state index is 13.0. The number of anilines is 1. The zero-order chi connectivity index (χ0) is 23.1. The first-order valence-electron chi connectivity index (χ1n) is 11.8. The van der Waals surface area contributed by atoms with Crippen LogP contribution in [0.15, 0.2) is 24.3 Å². The summed E-state index contributed by atoms with van der Waals surface area (Å²) in [6.07, 6.45) is 0.973. The quantitative estimate of drug-likeness (QED) is 0.637. The second-order valence-corrected chi connectivity index (χ2v) is 8.82. The average Bonchev–Trinajstić information content (AvgIpc) is 3.15. The highest BCUT2D eigenvalue weighted by Crippen LogP contribution is 2.23. The predicted molar refractivity (Wildman–Crippen MR) is 127 cm³/mol. The van der Waals surface area contributed by atoms with Crippen LogP contribution in [0.25, 0.3) is 11.0 Å². The Kier molecular flexibility index (Phi) is 8.50. The van der Waals surface area contributed by atoms with Crippen molar-refractivity contribution in [2.75, 3.05) is 44.6 Å². The summed E-state index contributed by atoms with van der Waals surface area (Å²) in [5, 5.41) is 3.07. The number of ether oxygens (including phenoxy) is 1. The van der Waals surface area contributed by atoms with Crippen molar-refractivity contribution in [1.82, 2.24) is 19.4 Å². The Hall–Kier alpha value is -2.61. The van der Waals surface area contributed by atoms with E-state index in [2.05, 4.69) is 33.6 Å². The zero-order valence-corrected chi connectivity index (χ0v) is 19.8. The van der Waals surface area contributed by atoms with Crippen molar-refractivity contribution in [1.29, 1.82) is 0 Å². The number of hydrogen-bond acceptors (Lipinski definition) is 5. The number of aromatic nitrogens is 2. The lowest BCUT2D eigenvalue weighted by Crippen LogP contribution is -2.42. The van der Waals surface area contributed by atoms with E-state index in [1.807, 2.05) is 38.1 Å². The number of carbonyl (C=O) groups is 2. The summed E-state index contributed by atoms with van der Waals surface area (Å²) in [4.78, 5) is 34.0. The fourth-order valence-electron chi connectivity index (χ4n) is 4.04. The van der Waals surface area contributed by atoms with E-state index in [4.69, 9.17) is 4.74 Å². The van der Waals surface area contributed by atoms with Gasteiger partial charge in [-0.3, -0.25) is 10.1 Å². The third kappa shape index (κ3) is 6.00. The van der Waals surface area contributed by atoms with Crippen molar-refractivity contribution >= 4 is 29.0 Å². The molecule has 1 aromatic carbocycles. The number of amides is 2. The first kappa shape index (κ1) is 24.0. The SMILES string of the molecule is CCN(CC)CCn1c(NC(=O)C2CCN(C(=O)OCC(C)C)CC2)nc2ccccc21. The average molecular weight is 444 g/mol. The van der Waals surface area contributed by atoms with Crippen LogP contribution in [0.1, 0.15) is 40.5 Å². The largest absolute Gasteiger partial charge is 0.449 e. The van der Waals surface area contributed by atoms with Crippen LogP contribution < -0.4 is 5.32 Å². The van der Waals surface area contributed by atoms with E-state index in [0.29, 0.717) is 44.4 Å². The van der Waals surface area contributed by atoms with Crippen molar-refractivity contribution in [3.8, 4) is 0 Å². The summed E-state index contributed by atoms with van der Waals surface area (Å²) in [6.45, 7) is 13.5. The number of imidazole rings is 1. The molecule has 2 amide bonds. The second kappa shape index (κ2) is 11.3. The Morgan fingerprint density at radius 3 is 2.53 bits per heavy atom. The van der Waals surface area contributed by atoms with E-state index in [9.17, 15) is 9.59 Å². The minimum Gasteiger partial charge on any atom is -0.449 e. The summed E-state index contributed by atoms with van der Waals surface area (Å²) in [5.41, 5.74) is 1.91. The number of carbonyl (C=O) groups excluding carboxylic acids is 2. The number of piperidine rings is 1. The monoisotopic (exact) mass is 443 g/mol. The summed E-state index contributed by atoms with van der Waals surface area (Å²) in [7, 11) is 0. The number of rotatable bonds is 9. The lowest BCUT2D eigenvalue weighted by Gasteiger charge is -2.30. The molecule has 0 unspecified atom stereocenters. The van der Waals surface area contributed by atoms with Crippen molar-refractivity contribution in [3.05, 3.63) is 24.3 Å². The molecule has 0 saturated carbocycles. The summed E-state index contributed by atoms with van der Waals surface area (Å²) in [5.74, 6) is 0.741. The molecule has 0 atom stereocenters. The van der Waals surface area contributed by atoms with Crippen LogP contribution in [0.3, 0.4) is 0 Å². The van der Waals surface area contributed by atoms with Crippen LogP contribution >= 0.6 is 0 Å². The maximum absolute atomic E-state index is 13.0. The van der Waals surface area contributed by atoms with Gasteiger partial charge in [0.05, 0.1) is 17.6 Å². The molecule has 0 bridgehead atoms. The first-order valence-corrected chi connectivity index (χ1v) is 11.8. The van der Waals surface area contributed by atoms with Gasteiger partial charge in [-0.2, -0.15) is 0 Å². The Morgan fingerprint density at radius 2 is 1.88 bits per heavy atom. The lowest BCUT2D eigenvalue weighted by molar-refractivity contribution is -0.121. The highest BCUT2D eigenvalue weighted by Gasteiger charge is 2.29. The van der Waals surface area contributed by atoms with Gasteiger partial charge in [0.15, 0.2) is 0 Å². The fourth-order valence-corrected chi connectivity index (χ4v) is 4.04. The molecule has 1 fully saturated rings. The van der Waals surface area contributed by atoms with Crippen LogP contribution in [0.4, 0.5) is 10.7 Å². The van der Waals surface area contributed by atoms with Gasteiger partial charge in [0.25, 0.3) is 0 Å². The normalized spacial score (nSPS) is 15.0. The summed E-state index contributed by atoms with van der Waals surface area (Å²) in [6, 6.07) is 7.98. The van der Waals surface area contributed by atoms with E-state index in [1.54, 1.807) is 4.90 Å². The molecule has 2 heterocycles. The number of nitrogens with one attached hydrogen (secondary N) is 1. The second-order valence-electron chi connectivity index (χ2n) is 8.82. The van der Waals surface area contributed by atoms with Gasteiger partial charge in [-0.1, -0.05) is 39.8 Å². The number of nitrogens with zero attached hydrogens (tertiary/aromatic N) is 4. The third-order valence-corrected chi connectivity index (χ3v) is 6.09. The predicted octanol–water partition coefficient (Wildman–Crippen LogP) is 3.82. The molecule has 1 saturated heterocycles. The molecule has 176 valence electrons. The maximum Gasteiger partial charge on any atom is 0.409 e. The number of fused-ring (bicyclic) bond motifs is 1. The van der Waals surface area contributed by atoms with Crippen molar-refractivity contribution < 1.29 is 14.3 Å². The summed E-state index contributed by atoms with van der Waals surface area (Å²) >= 11 is 0. The Balaban J connectivity index is 1.63. The molecular weight excluding hydrogens is 406 g/mol. The number of likely N-dealkylation sites (tertiary alicyclic amines) is 1. The van der Waals surface area contributed by atoms with E-state index >= 15 is 0 Å². The van der Waals surface area contributed by atoms with E-state index < -0.39 is 0 Å². The summed E-state index contributed by atoms with van der Waals surface area (Å²) < 4.78 is 7.42. The minimum atomic E-state index is -0.282. The van der Waals surface area contributed by atoms with Gasteiger partial charge in [-0.05, 0) is 44.0 Å². The number of likely N-dealkylation sites (N-methyl/N-ethyl adjacent to an activating group) is 1. The Labute approximate surface area is 190 Å². The van der Waals surface area contributed by atoms with Crippen LogP contribution in [0.2, 0.25) is 0 Å². The van der Waals surface area contributed by atoms with Crippen LogP contribution in [-0.4, -0.2) is 70.7 Å². The van der Waals surface area contributed by atoms with Gasteiger partial charge in [0.2, 0.25) is 11.9 Å². The van der Waals surface area contributed by atoms with Crippen molar-refractivity contribution in [3.63, 3.8) is 0 Å². The molecular formula is C24H37N5O3. The smallest absolute Gasteiger partial charge is 0.409 e. The van der Waals surface area contributed by atoms with E-state index in [1.165, 1.54) is 0 Å². The van der Waals surface area contributed by atoms with Gasteiger partial charge in [0.1, 0.15) is 0 Å². The number of benzene rings is 1. The molecule has 0 spiro atoms. The van der Waals surface area contributed by atoms with Gasteiger partial charge in [0, 0.05) is 32.1 Å². The zero-order valence-electron chi connectivity index (χ0n) is 19.8. The highest BCUT2D eigenvalue weighted by atomic mass is 16.6. The number of hydrogen-bond donors (Lipinski definition) is 1. The molecule has 3 rings (SSSR count). The Morgan fingerprint density at radius 1 is 1.19 bits per heavy atom. The van der Waals surface area contributed by atoms with Gasteiger partial charge in [-0.15, -0.1) is 0 Å². The van der Waals surface area contributed by atoms with Gasteiger partial charge in [-0.25, -0.2) is 9.78 Å². The molecule has 32 heavy (non-hydrogen) atoms. The molecule has 0 aliphatic carbocycles. The van der Waals surface area contributed by atoms with Gasteiger partial charge < -0.3 is 19.1 Å². The highest BCUT2D eigenvalue weighted by molar-refractivity contribution is 5.93. The van der Waals surface area contributed by atoms with Crippen molar-refractivity contribution in [2.24, 2.45) is 11.8 Å². The molecule has 1 aromatic heterocycles. The molecule has 1 N–H and O–H groups in total. The van der Waals surface area contributed by atoms with Crippen LogP contribution in [0, 0.1) is 11.8 Å². The van der Waals surface area contributed by atoms with Gasteiger partial charge >= 0.3 is 6.09 Å². The molecule has 8 nitrogen and oxygen atoms in total.